The Morgan fingerprint density at radius 3 is 3.22 bits per heavy atom. The molecule has 5 nitrogen and oxygen atoms in total. The molecule has 1 aromatic heterocycles. The van der Waals surface area contributed by atoms with Crippen LogP contribution in [-0.2, 0) is 6.42 Å². The number of hydrogen-bond donors (Lipinski definition) is 1. The number of carbonyl (C=O) groups excluding carboxylic acids is 1. The maximum absolute atomic E-state index is 12.2. The third-order valence-electron chi connectivity index (χ3n) is 3.69. The van der Waals surface area contributed by atoms with Gasteiger partial charge in [-0.15, -0.1) is 0 Å². The number of fused-ring (bicyclic) bond motifs is 1. The monoisotopic (exact) mass is 246 g/mol. The minimum atomic E-state index is 0.199. The van der Waals surface area contributed by atoms with Crippen LogP contribution in [0.1, 0.15) is 5.56 Å². The SMILES string of the molecule is O=C1N(CCc2cccnc2)CC2CNCCN12. The van der Waals surface area contributed by atoms with Crippen LogP contribution >= 0.6 is 0 Å². The highest BCUT2D eigenvalue weighted by atomic mass is 16.2. The Labute approximate surface area is 107 Å². The molecule has 18 heavy (non-hydrogen) atoms. The van der Waals surface area contributed by atoms with Gasteiger partial charge in [0.1, 0.15) is 0 Å². The van der Waals surface area contributed by atoms with Crippen LogP contribution < -0.4 is 5.32 Å². The van der Waals surface area contributed by atoms with Crippen LogP contribution in [0.4, 0.5) is 4.79 Å². The van der Waals surface area contributed by atoms with Crippen molar-refractivity contribution in [3.05, 3.63) is 30.1 Å². The molecule has 0 bridgehead atoms. The molecular weight excluding hydrogens is 228 g/mol. The number of carbonyl (C=O) groups is 1. The maximum atomic E-state index is 12.2. The Balaban J connectivity index is 1.59. The quantitative estimate of drug-likeness (QED) is 0.836. The first kappa shape index (κ1) is 11.5. The fourth-order valence-electron chi connectivity index (χ4n) is 2.69. The summed E-state index contributed by atoms with van der Waals surface area (Å²) in [5.74, 6) is 0. The van der Waals surface area contributed by atoms with E-state index in [9.17, 15) is 4.79 Å². The van der Waals surface area contributed by atoms with Crippen LogP contribution in [0.2, 0.25) is 0 Å². The third kappa shape index (κ3) is 2.18. The lowest BCUT2D eigenvalue weighted by Gasteiger charge is -2.28. The number of pyridine rings is 1. The summed E-state index contributed by atoms with van der Waals surface area (Å²) < 4.78 is 0. The zero-order chi connectivity index (χ0) is 12.4. The van der Waals surface area contributed by atoms with Gasteiger partial charge in [-0.1, -0.05) is 6.07 Å². The van der Waals surface area contributed by atoms with Gasteiger partial charge in [-0.05, 0) is 18.1 Å². The topological polar surface area (TPSA) is 48.5 Å². The van der Waals surface area contributed by atoms with Crippen molar-refractivity contribution >= 4 is 6.03 Å². The van der Waals surface area contributed by atoms with E-state index in [1.54, 1.807) is 6.20 Å². The van der Waals surface area contributed by atoms with E-state index in [4.69, 9.17) is 0 Å². The zero-order valence-electron chi connectivity index (χ0n) is 10.4. The highest BCUT2D eigenvalue weighted by Gasteiger charge is 2.37. The number of nitrogens with zero attached hydrogens (tertiary/aromatic N) is 3. The van der Waals surface area contributed by atoms with E-state index in [0.717, 1.165) is 39.1 Å². The Hall–Kier alpha value is -1.62. The minimum absolute atomic E-state index is 0.199. The van der Waals surface area contributed by atoms with Crippen LogP contribution in [0, 0.1) is 0 Å². The molecule has 0 spiro atoms. The second kappa shape index (κ2) is 4.94. The molecule has 2 aliphatic rings. The van der Waals surface area contributed by atoms with Gasteiger partial charge in [0, 0.05) is 45.1 Å². The van der Waals surface area contributed by atoms with Gasteiger partial charge in [0.25, 0.3) is 0 Å². The summed E-state index contributed by atoms with van der Waals surface area (Å²) in [6, 6.07) is 4.56. The van der Waals surface area contributed by atoms with Crippen molar-refractivity contribution < 1.29 is 4.79 Å². The van der Waals surface area contributed by atoms with Crippen LogP contribution in [0.15, 0.2) is 24.5 Å². The first-order valence-corrected chi connectivity index (χ1v) is 6.50. The lowest BCUT2D eigenvalue weighted by molar-refractivity contribution is 0.179. The number of hydrogen-bond acceptors (Lipinski definition) is 3. The molecule has 0 radical (unpaired) electrons. The molecule has 1 aromatic rings. The summed E-state index contributed by atoms with van der Waals surface area (Å²) >= 11 is 0. The molecule has 1 atom stereocenters. The van der Waals surface area contributed by atoms with Gasteiger partial charge >= 0.3 is 6.03 Å². The van der Waals surface area contributed by atoms with Crippen molar-refractivity contribution in [2.24, 2.45) is 0 Å². The molecule has 1 unspecified atom stereocenters. The number of amides is 2. The first-order chi connectivity index (χ1) is 8.84. The summed E-state index contributed by atoms with van der Waals surface area (Å²) in [5.41, 5.74) is 1.19. The molecule has 0 aliphatic carbocycles. The van der Waals surface area contributed by atoms with Crippen molar-refractivity contribution in [2.45, 2.75) is 12.5 Å². The summed E-state index contributed by atoms with van der Waals surface area (Å²) in [7, 11) is 0. The zero-order valence-corrected chi connectivity index (χ0v) is 10.4. The van der Waals surface area contributed by atoms with E-state index in [1.165, 1.54) is 5.56 Å². The Bertz CT molecular complexity index is 422. The average molecular weight is 246 g/mol. The predicted octanol–water partition coefficient (Wildman–Crippen LogP) is 0.333. The lowest BCUT2D eigenvalue weighted by Crippen LogP contribution is -2.49. The molecule has 3 rings (SSSR count). The third-order valence-corrected chi connectivity index (χ3v) is 3.69. The number of piperazine rings is 1. The van der Waals surface area contributed by atoms with Gasteiger partial charge in [-0.25, -0.2) is 4.79 Å². The molecule has 0 aromatic carbocycles. The average Bonchev–Trinajstić information content (AvgIpc) is 2.75. The first-order valence-electron chi connectivity index (χ1n) is 6.50. The normalized spacial score (nSPS) is 23.3. The van der Waals surface area contributed by atoms with E-state index in [2.05, 4.69) is 16.4 Å². The summed E-state index contributed by atoms with van der Waals surface area (Å²) in [6.07, 6.45) is 4.53. The van der Waals surface area contributed by atoms with Crippen molar-refractivity contribution in [2.75, 3.05) is 32.7 Å². The van der Waals surface area contributed by atoms with Gasteiger partial charge in [-0.3, -0.25) is 4.98 Å². The Morgan fingerprint density at radius 2 is 2.44 bits per heavy atom. The molecular formula is C13H18N4O. The van der Waals surface area contributed by atoms with Gasteiger partial charge in [0.2, 0.25) is 0 Å². The lowest BCUT2D eigenvalue weighted by atomic mass is 10.2. The summed E-state index contributed by atoms with van der Waals surface area (Å²) in [5, 5.41) is 3.34. The van der Waals surface area contributed by atoms with E-state index >= 15 is 0 Å². The van der Waals surface area contributed by atoms with Gasteiger partial charge in [0.15, 0.2) is 0 Å². The standard InChI is InChI=1S/C13H18N4O/c18-13-16(6-3-11-2-1-4-14-8-11)10-12-9-15-5-7-17(12)13/h1-2,4,8,12,15H,3,5-7,9-10H2. The maximum Gasteiger partial charge on any atom is 0.320 e. The van der Waals surface area contributed by atoms with E-state index in [1.807, 2.05) is 22.1 Å². The van der Waals surface area contributed by atoms with E-state index in [-0.39, 0.29) is 6.03 Å². The van der Waals surface area contributed by atoms with Crippen LogP contribution in [0.25, 0.3) is 0 Å². The second-order valence-corrected chi connectivity index (χ2v) is 4.89. The number of urea groups is 1. The molecule has 96 valence electrons. The van der Waals surface area contributed by atoms with Gasteiger partial charge in [-0.2, -0.15) is 0 Å². The van der Waals surface area contributed by atoms with Crippen LogP contribution in [-0.4, -0.2) is 59.6 Å². The molecule has 2 amide bonds. The summed E-state index contributed by atoms with van der Waals surface area (Å²) in [6.45, 7) is 4.32. The van der Waals surface area contributed by atoms with Gasteiger partial charge < -0.3 is 15.1 Å². The second-order valence-electron chi connectivity index (χ2n) is 4.89. The smallest absolute Gasteiger partial charge is 0.320 e. The largest absolute Gasteiger partial charge is 0.322 e. The Kier molecular flexibility index (Phi) is 3.15. The minimum Gasteiger partial charge on any atom is -0.322 e. The van der Waals surface area contributed by atoms with Gasteiger partial charge in [0.05, 0.1) is 6.04 Å². The van der Waals surface area contributed by atoms with Crippen molar-refractivity contribution in [3.63, 3.8) is 0 Å². The van der Waals surface area contributed by atoms with Crippen molar-refractivity contribution in [1.29, 1.82) is 0 Å². The van der Waals surface area contributed by atoms with E-state index < -0.39 is 0 Å². The fourth-order valence-corrected chi connectivity index (χ4v) is 2.69. The predicted molar refractivity (Wildman–Crippen MR) is 68.3 cm³/mol. The number of rotatable bonds is 3. The molecule has 2 saturated heterocycles. The number of aromatic nitrogens is 1. The molecule has 1 N–H and O–H groups in total. The number of nitrogens with one attached hydrogen (secondary N) is 1. The highest BCUT2D eigenvalue weighted by Crippen LogP contribution is 2.17. The molecule has 2 fully saturated rings. The molecule has 2 aliphatic heterocycles. The van der Waals surface area contributed by atoms with E-state index in [0.29, 0.717) is 6.04 Å². The molecule has 5 heteroatoms. The van der Waals surface area contributed by atoms with Crippen molar-refractivity contribution in [1.82, 2.24) is 20.1 Å². The van der Waals surface area contributed by atoms with Crippen molar-refractivity contribution in [3.8, 4) is 0 Å². The molecule has 0 saturated carbocycles. The Morgan fingerprint density at radius 1 is 1.50 bits per heavy atom. The van der Waals surface area contributed by atoms with Crippen LogP contribution in [0.5, 0.6) is 0 Å². The highest BCUT2D eigenvalue weighted by molar-refractivity contribution is 5.77. The summed E-state index contributed by atoms with van der Waals surface area (Å²) in [4.78, 5) is 20.2. The fraction of sp³-hybridized carbons (Fsp3) is 0.538. The molecule has 3 heterocycles. The van der Waals surface area contributed by atoms with Crippen LogP contribution in [0.3, 0.4) is 0 Å².